The van der Waals surface area contributed by atoms with E-state index in [0.29, 0.717) is 6.61 Å². The molecule has 0 aliphatic rings. The number of pyridine rings is 1. The lowest BCUT2D eigenvalue weighted by Gasteiger charge is -2.17. The maximum atomic E-state index is 13.2. The van der Waals surface area contributed by atoms with E-state index in [2.05, 4.69) is 62.4 Å². The zero-order valence-corrected chi connectivity index (χ0v) is 29.8. The van der Waals surface area contributed by atoms with Crippen molar-refractivity contribution in [2.45, 2.75) is 58.0 Å². The number of alkyl halides is 1. The van der Waals surface area contributed by atoms with Crippen LogP contribution in [0.5, 0.6) is 11.5 Å². The summed E-state index contributed by atoms with van der Waals surface area (Å²) in [5, 5.41) is 11.4. The van der Waals surface area contributed by atoms with Crippen LogP contribution in [0.1, 0.15) is 90.1 Å². The standard InChI is InChI=1S/C41H44BrN3O4/c1-4-22-48-36-19-17-32-24-30(13-15-34(32)26-36)28(2)43-40(46)38-11-10-12-39(45-38)41(47)44-29(3)31-14-16-35-27-37(20-18-33(35)25-31)49-23-9-7-5-6-8-21-42/h4,10-20,24-29H,1,5-9,21-23H2,2-3H3,(H,43,46)(H,44,47)/t28-,29-/m1/s1. The van der Waals surface area contributed by atoms with E-state index < -0.39 is 0 Å². The Kier molecular flexibility index (Phi) is 12.8. The molecule has 5 aromatic rings. The van der Waals surface area contributed by atoms with Crippen molar-refractivity contribution in [2.75, 3.05) is 18.5 Å². The number of benzene rings is 4. The topological polar surface area (TPSA) is 89.5 Å². The third kappa shape index (κ3) is 9.92. The number of fused-ring (bicyclic) bond motifs is 2. The first kappa shape index (κ1) is 35.6. The Labute approximate surface area is 297 Å². The maximum Gasteiger partial charge on any atom is 0.270 e. The number of halogens is 1. The Bertz CT molecular complexity index is 1910. The van der Waals surface area contributed by atoms with Gasteiger partial charge in [0.25, 0.3) is 11.8 Å². The van der Waals surface area contributed by atoms with E-state index in [0.717, 1.165) is 62.5 Å². The number of amides is 2. The summed E-state index contributed by atoms with van der Waals surface area (Å²) in [6.07, 6.45) is 7.66. The van der Waals surface area contributed by atoms with Gasteiger partial charge in [0.1, 0.15) is 29.5 Å². The van der Waals surface area contributed by atoms with Gasteiger partial charge < -0.3 is 20.1 Å². The van der Waals surface area contributed by atoms with Crippen molar-refractivity contribution in [3.05, 3.63) is 126 Å². The van der Waals surface area contributed by atoms with E-state index in [1.807, 2.05) is 62.4 Å². The fraction of sp³-hybridized carbons (Fsp3) is 0.293. The predicted molar refractivity (Wildman–Crippen MR) is 202 cm³/mol. The molecule has 1 aromatic heterocycles. The lowest BCUT2D eigenvalue weighted by Crippen LogP contribution is -2.30. The molecule has 5 rings (SSSR count). The highest BCUT2D eigenvalue weighted by Crippen LogP contribution is 2.26. The van der Waals surface area contributed by atoms with Gasteiger partial charge in [0.05, 0.1) is 18.7 Å². The van der Waals surface area contributed by atoms with Crippen LogP contribution in [0.25, 0.3) is 21.5 Å². The Hall–Kier alpha value is -4.69. The molecule has 4 aromatic carbocycles. The quantitative estimate of drug-likeness (QED) is 0.0567. The second-order valence-corrected chi connectivity index (χ2v) is 13.0. The molecule has 0 spiro atoms. The number of rotatable bonds is 17. The van der Waals surface area contributed by atoms with Crippen LogP contribution in [0.2, 0.25) is 0 Å². The minimum absolute atomic E-state index is 0.176. The molecule has 0 saturated heterocycles. The smallest absolute Gasteiger partial charge is 0.270 e. The number of hydrogen-bond donors (Lipinski definition) is 2. The molecular weight excluding hydrogens is 678 g/mol. The minimum atomic E-state index is -0.355. The average Bonchev–Trinajstić information content (AvgIpc) is 3.12. The lowest BCUT2D eigenvalue weighted by atomic mass is 10.0. The fourth-order valence-electron chi connectivity index (χ4n) is 5.67. The highest BCUT2D eigenvalue weighted by molar-refractivity contribution is 9.09. The largest absolute Gasteiger partial charge is 0.494 e. The number of aromatic nitrogens is 1. The van der Waals surface area contributed by atoms with Crippen LogP contribution in [0.15, 0.2) is 104 Å². The fourth-order valence-corrected chi connectivity index (χ4v) is 6.07. The van der Waals surface area contributed by atoms with E-state index in [4.69, 9.17) is 9.47 Å². The van der Waals surface area contributed by atoms with Crippen LogP contribution in [0.3, 0.4) is 0 Å². The van der Waals surface area contributed by atoms with Gasteiger partial charge in [0, 0.05) is 5.33 Å². The van der Waals surface area contributed by atoms with Gasteiger partial charge in [-0.2, -0.15) is 0 Å². The molecule has 0 aliphatic heterocycles. The number of unbranched alkanes of at least 4 members (excludes halogenated alkanes) is 4. The van der Waals surface area contributed by atoms with Crippen LogP contribution in [0, 0.1) is 0 Å². The van der Waals surface area contributed by atoms with E-state index in [-0.39, 0.29) is 35.3 Å². The molecule has 2 atom stereocenters. The van der Waals surface area contributed by atoms with E-state index in [1.165, 1.54) is 25.7 Å². The second kappa shape index (κ2) is 17.6. The van der Waals surface area contributed by atoms with Gasteiger partial charge in [0.2, 0.25) is 0 Å². The summed E-state index contributed by atoms with van der Waals surface area (Å²) in [5.74, 6) is 0.942. The predicted octanol–water partition coefficient (Wildman–Crippen LogP) is 9.66. The van der Waals surface area contributed by atoms with Gasteiger partial charge in [-0.1, -0.05) is 90.3 Å². The zero-order chi connectivity index (χ0) is 34.6. The Morgan fingerprint density at radius 3 is 1.73 bits per heavy atom. The summed E-state index contributed by atoms with van der Waals surface area (Å²) in [6.45, 7) is 8.71. The first-order valence-electron chi connectivity index (χ1n) is 16.9. The summed E-state index contributed by atoms with van der Waals surface area (Å²) in [7, 11) is 0. The van der Waals surface area contributed by atoms with Crippen molar-refractivity contribution < 1.29 is 19.1 Å². The number of nitrogens with one attached hydrogen (secondary N) is 2. The third-order valence-electron chi connectivity index (χ3n) is 8.50. The van der Waals surface area contributed by atoms with Gasteiger partial charge in [-0.3, -0.25) is 9.59 Å². The minimum Gasteiger partial charge on any atom is -0.494 e. The van der Waals surface area contributed by atoms with Gasteiger partial charge in [-0.25, -0.2) is 4.98 Å². The van der Waals surface area contributed by atoms with Crippen molar-refractivity contribution in [3.63, 3.8) is 0 Å². The van der Waals surface area contributed by atoms with E-state index in [9.17, 15) is 9.59 Å². The molecular formula is C41H44BrN3O4. The molecule has 0 fully saturated rings. The first-order chi connectivity index (χ1) is 23.8. The second-order valence-electron chi connectivity index (χ2n) is 12.2. The van der Waals surface area contributed by atoms with Crippen molar-refractivity contribution in [1.82, 2.24) is 15.6 Å². The number of ether oxygens (including phenoxy) is 2. The lowest BCUT2D eigenvalue weighted by molar-refractivity contribution is 0.0930. The van der Waals surface area contributed by atoms with Gasteiger partial charge >= 0.3 is 0 Å². The Balaban J connectivity index is 1.16. The summed E-state index contributed by atoms with van der Waals surface area (Å²) in [5.41, 5.74) is 2.28. The van der Waals surface area contributed by atoms with Crippen molar-refractivity contribution in [3.8, 4) is 11.5 Å². The molecule has 1 heterocycles. The van der Waals surface area contributed by atoms with Crippen molar-refractivity contribution >= 4 is 49.3 Å². The number of carbonyl (C=O) groups is 2. The van der Waals surface area contributed by atoms with Crippen molar-refractivity contribution in [1.29, 1.82) is 0 Å². The highest BCUT2D eigenvalue weighted by Gasteiger charge is 2.18. The molecule has 49 heavy (non-hydrogen) atoms. The third-order valence-corrected chi connectivity index (χ3v) is 9.06. The first-order valence-corrected chi connectivity index (χ1v) is 18.1. The van der Waals surface area contributed by atoms with E-state index >= 15 is 0 Å². The van der Waals surface area contributed by atoms with Crippen LogP contribution in [-0.2, 0) is 0 Å². The molecule has 2 amide bonds. The number of carbonyl (C=O) groups excluding carboxylic acids is 2. The van der Waals surface area contributed by atoms with Gasteiger partial charge in [-0.05, 0) is 108 Å². The summed E-state index contributed by atoms with van der Waals surface area (Å²) in [6, 6.07) is 28.6. The number of hydrogen-bond acceptors (Lipinski definition) is 5. The molecule has 0 bridgehead atoms. The molecule has 7 nitrogen and oxygen atoms in total. The van der Waals surface area contributed by atoms with Crippen molar-refractivity contribution in [2.24, 2.45) is 0 Å². The normalized spacial score (nSPS) is 12.3. The molecule has 0 radical (unpaired) electrons. The summed E-state index contributed by atoms with van der Waals surface area (Å²) >= 11 is 3.48. The van der Waals surface area contributed by atoms with Crippen LogP contribution < -0.4 is 20.1 Å². The van der Waals surface area contributed by atoms with Gasteiger partial charge in [0.15, 0.2) is 0 Å². The monoisotopic (exact) mass is 721 g/mol. The molecule has 8 heteroatoms. The summed E-state index contributed by atoms with van der Waals surface area (Å²) < 4.78 is 11.6. The SMILES string of the molecule is C=CCOc1ccc2cc([C@@H](C)NC(=O)c3cccc(C(=O)N[C@H](C)c4ccc5cc(OCCCCCCCBr)ccc5c4)n3)ccc2c1. The number of nitrogens with zero attached hydrogens (tertiary/aromatic N) is 1. The van der Waals surface area contributed by atoms with E-state index in [1.54, 1.807) is 24.3 Å². The average molecular weight is 723 g/mol. The Morgan fingerprint density at radius 1 is 0.694 bits per heavy atom. The molecule has 0 unspecified atom stereocenters. The van der Waals surface area contributed by atoms with Crippen LogP contribution >= 0.6 is 15.9 Å². The zero-order valence-electron chi connectivity index (χ0n) is 28.2. The maximum absolute atomic E-state index is 13.2. The molecule has 0 saturated carbocycles. The molecule has 2 N–H and O–H groups in total. The Morgan fingerprint density at radius 2 is 1.18 bits per heavy atom. The molecule has 254 valence electrons. The highest BCUT2D eigenvalue weighted by atomic mass is 79.9. The molecule has 0 aliphatic carbocycles. The van der Waals surface area contributed by atoms with Crippen LogP contribution in [-0.4, -0.2) is 35.3 Å². The van der Waals surface area contributed by atoms with Gasteiger partial charge in [-0.15, -0.1) is 0 Å². The summed E-state index contributed by atoms with van der Waals surface area (Å²) in [4.78, 5) is 30.8. The van der Waals surface area contributed by atoms with Crippen LogP contribution in [0.4, 0.5) is 0 Å².